The van der Waals surface area contributed by atoms with E-state index in [0.29, 0.717) is 24.2 Å². The molecule has 0 bridgehead atoms. The Hall–Kier alpha value is -1.88. The van der Waals surface area contributed by atoms with Crippen molar-refractivity contribution in [3.8, 4) is 0 Å². The van der Waals surface area contributed by atoms with Crippen LogP contribution in [0.5, 0.6) is 0 Å². The van der Waals surface area contributed by atoms with Gasteiger partial charge in [0.05, 0.1) is 21.0 Å². The summed E-state index contributed by atoms with van der Waals surface area (Å²) < 4.78 is 44.0. The Morgan fingerprint density at radius 3 is 2.67 bits per heavy atom. The normalized spacial score (nSPS) is 18.8. The minimum atomic E-state index is -3.79. The zero-order chi connectivity index (χ0) is 21.5. The van der Waals surface area contributed by atoms with Crippen molar-refractivity contribution in [1.29, 1.82) is 0 Å². The van der Waals surface area contributed by atoms with Gasteiger partial charge in [-0.15, -0.1) is 0 Å². The van der Waals surface area contributed by atoms with Crippen LogP contribution >= 0.6 is 27.3 Å². The van der Waals surface area contributed by atoms with E-state index >= 15 is 0 Å². The molecular formula is C20H19BrFN3O3S2. The fraction of sp³-hybridized carbons (Fsp3) is 0.300. The van der Waals surface area contributed by atoms with Crippen LogP contribution in [0.4, 0.5) is 4.39 Å². The SMILES string of the molecule is Cn1c(=NC(=O)C2CCCN(S(=O)(=O)c3ccc(F)cc3)C2)sc2cccc(Br)c21. The largest absolute Gasteiger partial charge is 0.318 e. The van der Waals surface area contributed by atoms with Crippen molar-refractivity contribution in [2.75, 3.05) is 13.1 Å². The molecule has 1 amide bonds. The second kappa shape index (κ2) is 8.33. The summed E-state index contributed by atoms with van der Waals surface area (Å²) in [5.41, 5.74) is 0.957. The van der Waals surface area contributed by atoms with E-state index in [-0.39, 0.29) is 17.3 Å². The lowest BCUT2D eigenvalue weighted by atomic mass is 9.99. The molecular weight excluding hydrogens is 493 g/mol. The highest BCUT2D eigenvalue weighted by molar-refractivity contribution is 9.10. The summed E-state index contributed by atoms with van der Waals surface area (Å²) in [6.07, 6.45) is 1.15. The lowest BCUT2D eigenvalue weighted by Gasteiger charge is -2.30. The first-order valence-corrected chi connectivity index (χ1v) is 12.4. The summed E-state index contributed by atoms with van der Waals surface area (Å²) >= 11 is 4.94. The Balaban J connectivity index is 1.60. The molecule has 4 rings (SSSR count). The van der Waals surface area contributed by atoms with Crippen LogP contribution in [0.15, 0.2) is 56.8 Å². The summed E-state index contributed by atoms with van der Waals surface area (Å²) in [5.74, 6) is -1.34. The first-order valence-electron chi connectivity index (χ1n) is 9.36. The maximum absolute atomic E-state index is 13.2. The topological polar surface area (TPSA) is 71.7 Å². The van der Waals surface area contributed by atoms with Crippen LogP contribution in [0.2, 0.25) is 0 Å². The molecule has 1 unspecified atom stereocenters. The number of carbonyl (C=O) groups is 1. The first kappa shape index (κ1) is 21.4. The molecule has 6 nitrogen and oxygen atoms in total. The number of hydrogen-bond donors (Lipinski definition) is 0. The van der Waals surface area contributed by atoms with Crippen molar-refractivity contribution in [3.05, 3.63) is 57.6 Å². The number of hydrogen-bond acceptors (Lipinski definition) is 4. The number of aryl methyl sites for hydroxylation is 1. The van der Waals surface area contributed by atoms with Gasteiger partial charge in [0.2, 0.25) is 10.0 Å². The lowest BCUT2D eigenvalue weighted by Crippen LogP contribution is -2.42. The molecule has 0 saturated carbocycles. The molecule has 158 valence electrons. The fourth-order valence-corrected chi connectivity index (χ4v) is 6.91. The van der Waals surface area contributed by atoms with Gasteiger partial charge < -0.3 is 4.57 Å². The third kappa shape index (κ3) is 4.01. The van der Waals surface area contributed by atoms with Gasteiger partial charge in [0.15, 0.2) is 4.80 Å². The minimum Gasteiger partial charge on any atom is -0.318 e. The summed E-state index contributed by atoms with van der Waals surface area (Å²) in [5, 5.41) is 0. The van der Waals surface area contributed by atoms with E-state index in [1.54, 1.807) is 0 Å². The summed E-state index contributed by atoms with van der Waals surface area (Å²) in [6.45, 7) is 0.396. The van der Waals surface area contributed by atoms with Crippen LogP contribution in [0, 0.1) is 11.7 Å². The number of carbonyl (C=O) groups excluding carboxylic acids is 1. The predicted molar refractivity (Wildman–Crippen MR) is 117 cm³/mol. The monoisotopic (exact) mass is 511 g/mol. The highest BCUT2D eigenvalue weighted by Crippen LogP contribution is 2.26. The Morgan fingerprint density at radius 2 is 1.97 bits per heavy atom. The molecule has 1 atom stereocenters. The molecule has 2 aromatic carbocycles. The zero-order valence-electron chi connectivity index (χ0n) is 16.1. The second-order valence-corrected chi connectivity index (χ2v) is 10.9. The van der Waals surface area contributed by atoms with Crippen molar-refractivity contribution in [2.45, 2.75) is 17.7 Å². The number of halogens is 2. The first-order chi connectivity index (χ1) is 14.3. The van der Waals surface area contributed by atoms with Gasteiger partial charge >= 0.3 is 0 Å². The molecule has 10 heteroatoms. The lowest BCUT2D eigenvalue weighted by molar-refractivity contribution is -0.122. The number of rotatable bonds is 3. The number of aromatic nitrogens is 1. The number of amides is 1. The van der Waals surface area contributed by atoms with Crippen molar-refractivity contribution in [2.24, 2.45) is 18.0 Å². The molecule has 1 fully saturated rings. The van der Waals surface area contributed by atoms with Crippen LogP contribution in [-0.4, -0.2) is 36.3 Å². The molecule has 1 saturated heterocycles. The molecule has 30 heavy (non-hydrogen) atoms. The Kier molecular flexibility index (Phi) is 5.93. The number of benzene rings is 2. The number of piperidine rings is 1. The van der Waals surface area contributed by atoms with Gasteiger partial charge in [-0.25, -0.2) is 12.8 Å². The second-order valence-electron chi connectivity index (χ2n) is 7.14. The maximum Gasteiger partial charge on any atom is 0.252 e. The highest BCUT2D eigenvalue weighted by Gasteiger charge is 2.33. The van der Waals surface area contributed by atoms with E-state index in [0.717, 1.165) is 26.8 Å². The number of sulfonamides is 1. The van der Waals surface area contributed by atoms with E-state index in [9.17, 15) is 17.6 Å². The van der Waals surface area contributed by atoms with Crippen molar-refractivity contribution < 1.29 is 17.6 Å². The standard InChI is InChI=1S/C20H19BrFN3O3S2/c1-24-18-16(21)5-2-6-17(18)29-20(24)23-19(26)13-4-3-11-25(12-13)30(27,28)15-9-7-14(22)8-10-15/h2,5-10,13H,3-4,11-12H2,1H3. The van der Waals surface area contributed by atoms with E-state index < -0.39 is 21.8 Å². The smallest absolute Gasteiger partial charge is 0.252 e. The van der Waals surface area contributed by atoms with E-state index in [1.165, 1.54) is 27.8 Å². The van der Waals surface area contributed by atoms with E-state index in [4.69, 9.17) is 0 Å². The quantitative estimate of drug-likeness (QED) is 0.538. The number of nitrogens with zero attached hydrogens (tertiary/aromatic N) is 3. The molecule has 1 aliphatic heterocycles. The number of para-hydroxylation sites is 1. The molecule has 3 aromatic rings. The predicted octanol–water partition coefficient (Wildman–Crippen LogP) is 3.67. The van der Waals surface area contributed by atoms with Gasteiger partial charge in [0.25, 0.3) is 5.91 Å². The van der Waals surface area contributed by atoms with Crippen LogP contribution in [-0.2, 0) is 21.9 Å². The van der Waals surface area contributed by atoms with Crippen molar-refractivity contribution >= 4 is 53.4 Å². The van der Waals surface area contributed by atoms with Crippen molar-refractivity contribution in [1.82, 2.24) is 8.87 Å². The van der Waals surface area contributed by atoms with Crippen LogP contribution < -0.4 is 4.80 Å². The Bertz CT molecular complexity index is 1280. The number of thiazole rings is 1. The van der Waals surface area contributed by atoms with Gasteiger partial charge in [0.1, 0.15) is 5.82 Å². The molecule has 1 aliphatic rings. The third-order valence-corrected chi connectivity index (χ3v) is 8.78. The molecule has 0 spiro atoms. The number of fused-ring (bicyclic) bond motifs is 1. The van der Waals surface area contributed by atoms with Crippen LogP contribution in [0.3, 0.4) is 0 Å². The third-order valence-electron chi connectivity index (χ3n) is 5.16. The average molecular weight is 512 g/mol. The van der Waals surface area contributed by atoms with Crippen molar-refractivity contribution in [3.63, 3.8) is 0 Å². The van der Waals surface area contributed by atoms with Crippen LogP contribution in [0.25, 0.3) is 10.2 Å². The highest BCUT2D eigenvalue weighted by atomic mass is 79.9. The van der Waals surface area contributed by atoms with Gasteiger partial charge in [-0.05, 0) is 65.2 Å². The zero-order valence-corrected chi connectivity index (χ0v) is 19.3. The Labute approximate surface area is 185 Å². The molecule has 2 heterocycles. The van der Waals surface area contributed by atoms with E-state index in [1.807, 2.05) is 29.8 Å². The molecule has 0 radical (unpaired) electrons. The molecule has 1 aromatic heterocycles. The van der Waals surface area contributed by atoms with Crippen LogP contribution in [0.1, 0.15) is 12.8 Å². The molecule has 0 N–H and O–H groups in total. The summed E-state index contributed by atoms with van der Waals surface area (Å²) in [7, 11) is -1.94. The van der Waals surface area contributed by atoms with Gasteiger partial charge in [-0.1, -0.05) is 17.4 Å². The maximum atomic E-state index is 13.2. The summed E-state index contributed by atoms with van der Waals surface area (Å²) in [4.78, 5) is 17.8. The molecule has 0 aliphatic carbocycles. The van der Waals surface area contributed by atoms with Gasteiger partial charge in [-0.2, -0.15) is 9.30 Å². The average Bonchev–Trinajstić information content (AvgIpc) is 3.05. The minimum absolute atomic E-state index is 0.0229. The fourth-order valence-electron chi connectivity index (χ4n) is 3.57. The van der Waals surface area contributed by atoms with Gasteiger partial charge in [-0.3, -0.25) is 4.79 Å². The summed E-state index contributed by atoms with van der Waals surface area (Å²) in [6, 6.07) is 10.5. The van der Waals surface area contributed by atoms with Gasteiger partial charge in [0, 0.05) is 24.6 Å². The Morgan fingerprint density at radius 1 is 1.23 bits per heavy atom. The van der Waals surface area contributed by atoms with E-state index in [2.05, 4.69) is 20.9 Å².